The summed E-state index contributed by atoms with van der Waals surface area (Å²) in [5.74, 6) is 0. The van der Waals surface area contributed by atoms with Crippen LogP contribution < -0.4 is 0 Å². The molecular weight excluding hydrogens is 123 g/mol. The highest BCUT2D eigenvalue weighted by Crippen LogP contribution is 2.18. The Bertz CT molecular complexity index is 129. The number of hydrogen-bond acceptors (Lipinski definition) is 2. The van der Waals surface area contributed by atoms with Gasteiger partial charge in [0.1, 0.15) is 0 Å². The smallest absolute Gasteiger partial charge is 0.205 e. The van der Waals surface area contributed by atoms with Crippen molar-refractivity contribution in [1.29, 1.82) is 0 Å². The molecule has 2 unspecified atom stereocenters. The van der Waals surface area contributed by atoms with Gasteiger partial charge < -0.3 is 9.71 Å². The van der Waals surface area contributed by atoms with Gasteiger partial charge in [-0.25, -0.2) is 0 Å². The van der Waals surface area contributed by atoms with Gasteiger partial charge in [0.25, 0.3) is 0 Å². The topological polar surface area (TPSA) is 6.48 Å². The van der Waals surface area contributed by atoms with Gasteiger partial charge in [0.05, 0.1) is 0 Å². The lowest BCUT2D eigenvalue weighted by Crippen LogP contribution is -2.47. The Morgan fingerprint density at radius 1 is 1.30 bits per heavy atom. The highest BCUT2D eigenvalue weighted by atomic mass is 15.3. The third-order valence-electron chi connectivity index (χ3n) is 2.72. The Morgan fingerprint density at radius 3 is 3.00 bits per heavy atom. The molecule has 0 N–H and O–H groups in total. The maximum absolute atomic E-state index is 2.56. The normalized spacial score (nSPS) is 40.1. The van der Waals surface area contributed by atoms with Gasteiger partial charge in [0.15, 0.2) is 0 Å². The van der Waals surface area contributed by atoms with E-state index in [-0.39, 0.29) is 0 Å². The van der Waals surface area contributed by atoms with Gasteiger partial charge in [-0.05, 0) is 19.5 Å². The SMILES string of the molecule is C[B]N1CCN2CCC1C2. The summed E-state index contributed by atoms with van der Waals surface area (Å²) >= 11 is 0. The Hall–Kier alpha value is -0.0151. The third-order valence-corrected chi connectivity index (χ3v) is 2.72. The van der Waals surface area contributed by atoms with E-state index in [1.54, 1.807) is 0 Å². The Kier molecular flexibility index (Phi) is 1.70. The number of piperazine rings is 1. The van der Waals surface area contributed by atoms with Crippen LogP contribution in [0.5, 0.6) is 0 Å². The van der Waals surface area contributed by atoms with E-state index >= 15 is 0 Å². The van der Waals surface area contributed by atoms with Crippen molar-refractivity contribution in [3.63, 3.8) is 0 Å². The van der Waals surface area contributed by atoms with Gasteiger partial charge in [0.2, 0.25) is 7.41 Å². The second kappa shape index (κ2) is 2.55. The molecule has 2 fully saturated rings. The van der Waals surface area contributed by atoms with E-state index in [1.165, 1.54) is 32.6 Å². The van der Waals surface area contributed by atoms with Crippen molar-refractivity contribution in [3.05, 3.63) is 0 Å². The molecule has 0 aromatic heterocycles. The predicted molar refractivity (Wildman–Crippen MR) is 43.2 cm³/mol. The molecule has 3 heteroatoms. The first-order valence-corrected chi connectivity index (χ1v) is 4.18. The van der Waals surface area contributed by atoms with E-state index < -0.39 is 0 Å². The second-order valence-electron chi connectivity index (χ2n) is 3.24. The third kappa shape index (κ3) is 0.975. The van der Waals surface area contributed by atoms with Crippen LogP contribution in [-0.4, -0.2) is 49.3 Å². The lowest BCUT2D eigenvalue weighted by molar-refractivity contribution is 0.215. The van der Waals surface area contributed by atoms with Crippen molar-refractivity contribution in [3.8, 4) is 0 Å². The molecule has 2 heterocycles. The molecule has 0 spiro atoms. The van der Waals surface area contributed by atoms with Crippen LogP contribution in [0.3, 0.4) is 0 Å². The predicted octanol–water partition coefficient (Wildman–Crippen LogP) is 0.0436. The summed E-state index contributed by atoms with van der Waals surface area (Å²) in [4.78, 5) is 5.05. The first kappa shape index (κ1) is 6.68. The van der Waals surface area contributed by atoms with Crippen LogP contribution in [0.15, 0.2) is 0 Å². The number of nitrogens with zero attached hydrogens (tertiary/aromatic N) is 2. The van der Waals surface area contributed by atoms with Crippen molar-refractivity contribution in [2.75, 3.05) is 26.2 Å². The molecule has 0 amide bonds. The largest absolute Gasteiger partial charge is 0.342 e. The van der Waals surface area contributed by atoms with Gasteiger partial charge >= 0.3 is 0 Å². The van der Waals surface area contributed by atoms with Gasteiger partial charge in [-0.1, -0.05) is 6.82 Å². The molecule has 2 aliphatic heterocycles. The summed E-state index contributed by atoms with van der Waals surface area (Å²) in [7, 11) is 2.24. The summed E-state index contributed by atoms with van der Waals surface area (Å²) in [5, 5.41) is 0. The van der Waals surface area contributed by atoms with Crippen LogP contribution in [0.1, 0.15) is 6.42 Å². The fourth-order valence-corrected chi connectivity index (χ4v) is 2.07. The van der Waals surface area contributed by atoms with Crippen LogP contribution in [0.2, 0.25) is 6.82 Å². The molecule has 10 heavy (non-hydrogen) atoms. The molecule has 0 saturated carbocycles. The van der Waals surface area contributed by atoms with Gasteiger partial charge in [-0.3, -0.25) is 0 Å². The van der Waals surface area contributed by atoms with E-state index in [4.69, 9.17) is 0 Å². The average Bonchev–Trinajstić information content (AvgIpc) is 2.34. The lowest BCUT2D eigenvalue weighted by atomic mass is 9.92. The standard InChI is InChI=1S/C7H14BN2/c1-8-10-5-4-9-3-2-7(10)6-9/h7H,2-6H2,1H3. The number of rotatable bonds is 1. The summed E-state index contributed by atoms with van der Waals surface area (Å²) < 4.78 is 0. The number of fused-ring (bicyclic) bond motifs is 2. The highest BCUT2D eigenvalue weighted by molar-refractivity contribution is 6.30. The van der Waals surface area contributed by atoms with Crippen molar-refractivity contribution < 1.29 is 0 Å². The van der Waals surface area contributed by atoms with Crippen LogP contribution in [0.25, 0.3) is 0 Å². The van der Waals surface area contributed by atoms with Crippen LogP contribution >= 0.6 is 0 Å². The molecular formula is C7H14BN2. The summed E-state index contributed by atoms with van der Waals surface area (Å²) in [5.41, 5.74) is 0. The average molecular weight is 137 g/mol. The first-order chi connectivity index (χ1) is 4.90. The molecule has 0 aromatic rings. The zero-order valence-corrected chi connectivity index (χ0v) is 6.58. The van der Waals surface area contributed by atoms with Gasteiger partial charge in [-0.15, -0.1) is 0 Å². The van der Waals surface area contributed by atoms with Crippen LogP contribution in [-0.2, 0) is 0 Å². The molecule has 1 radical (unpaired) electrons. The fraction of sp³-hybridized carbons (Fsp3) is 1.00. The first-order valence-electron chi connectivity index (χ1n) is 4.18. The Morgan fingerprint density at radius 2 is 2.20 bits per heavy atom. The second-order valence-corrected chi connectivity index (χ2v) is 3.24. The van der Waals surface area contributed by atoms with Crippen molar-refractivity contribution in [2.24, 2.45) is 0 Å². The molecule has 0 aliphatic carbocycles. The monoisotopic (exact) mass is 137 g/mol. The minimum Gasteiger partial charge on any atom is -0.342 e. The van der Waals surface area contributed by atoms with E-state index in [2.05, 4.69) is 23.9 Å². The molecule has 0 aromatic carbocycles. The molecule has 2 rings (SSSR count). The maximum Gasteiger partial charge on any atom is 0.205 e. The van der Waals surface area contributed by atoms with E-state index in [1.807, 2.05) is 0 Å². The molecule has 2 saturated heterocycles. The van der Waals surface area contributed by atoms with Crippen molar-refractivity contribution in [1.82, 2.24) is 9.71 Å². The van der Waals surface area contributed by atoms with Crippen molar-refractivity contribution >= 4 is 7.41 Å². The summed E-state index contributed by atoms with van der Waals surface area (Å²) in [6.07, 6.45) is 1.38. The van der Waals surface area contributed by atoms with Crippen LogP contribution in [0, 0.1) is 0 Å². The molecule has 2 atom stereocenters. The van der Waals surface area contributed by atoms with E-state index in [9.17, 15) is 0 Å². The van der Waals surface area contributed by atoms with Crippen LogP contribution in [0.4, 0.5) is 0 Å². The fourth-order valence-electron chi connectivity index (χ4n) is 2.07. The van der Waals surface area contributed by atoms with Gasteiger partial charge in [-0.2, -0.15) is 0 Å². The van der Waals surface area contributed by atoms with E-state index in [0.717, 1.165) is 6.04 Å². The quantitative estimate of drug-likeness (QED) is 0.471. The Labute approximate surface area is 63.4 Å². The number of hydrogen-bond donors (Lipinski definition) is 0. The molecule has 2 aliphatic rings. The maximum atomic E-state index is 2.56. The molecule has 2 bridgehead atoms. The molecule has 55 valence electrons. The zero-order valence-electron chi connectivity index (χ0n) is 6.58. The van der Waals surface area contributed by atoms with Crippen molar-refractivity contribution in [2.45, 2.75) is 19.3 Å². The molecule has 2 nitrogen and oxygen atoms in total. The minimum atomic E-state index is 0.846. The minimum absolute atomic E-state index is 0.846. The lowest BCUT2D eigenvalue weighted by Gasteiger charge is -2.33. The zero-order chi connectivity index (χ0) is 6.97. The Balaban J connectivity index is 2.00. The van der Waals surface area contributed by atoms with Gasteiger partial charge in [0, 0.05) is 19.1 Å². The van der Waals surface area contributed by atoms with E-state index in [0.29, 0.717) is 0 Å². The summed E-state index contributed by atoms with van der Waals surface area (Å²) in [6, 6.07) is 0.846. The highest BCUT2D eigenvalue weighted by Gasteiger charge is 2.30. The summed E-state index contributed by atoms with van der Waals surface area (Å²) in [6.45, 7) is 7.31.